The third-order valence-electron chi connectivity index (χ3n) is 4.67. The van der Waals surface area contributed by atoms with Gasteiger partial charge in [0.05, 0.1) is 13.2 Å². The smallest absolute Gasteiger partial charge is 0.270 e. The number of fused-ring (bicyclic) bond motifs is 1. The number of nitrogens with one attached hydrogen (secondary N) is 1. The third kappa shape index (κ3) is 2.96. The maximum atomic E-state index is 12.7. The number of nitrogens with zero attached hydrogens (tertiary/aromatic N) is 1. The van der Waals surface area contributed by atoms with E-state index in [1.165, 1.54) is 0 Å². The molecule has 0 atom stereocenters. The van der Waals surface area contributed by atoms with E-state index in [1.54, 1.807) is 0 Å². The molecule has 0 saturated carbocycles. The van der Waals surface area contributed by atoms with Crippen molar-refractivity contribution >= 4 is 28.4 Å². The van der Waals surface area contributed by atoms with Crippen LogP contribution in [0.2, 0.25) is 5.02 Å². The minimum Gasteiger partial charge on any atom is -0.351 e. The van der Waals surface area contributed by atoms with E-state index in [4.69, 9.17) is 21.1 Å². The number of H-pyrrole nitrogens is 1. The maximum Gasteiger partial charge on any atom is 0.270 e. The predicted octanol–water partition coefficient (Wildman–Crippen LogP) is 3.05. The quantitative estimate of drug-likeness (QED) is 0.918. The number of piperidine rings is 1. The van der Waals surface area contributed by atoms with E-state index in [1.807, 2.05) is 29.2 Å². The lowest BCUT2D eigenvalue weighted by molar-refractivity contribution is -0.0956. The number of hydrogen-bond donors (Lipinski definition) is 1. The molecule has 3 heterocycles. The highest BCUT2D eigenvalue weighted by atomic mass is 35.5. The average molecular weight is 335 g/mol. The van der Waals surface area contributed by atoms with Crippen LogP contribution < -0.4 is 0 Å². The molecule has 2 aromatic rings. The van der Waals surface area contributed by atoms with Crippen LogP contribution in [0.15, 0.2) is 24.3 Å². The van der Waals surface area contributed by atoms with Crippen LogP contribution in [-0.4, -0.2) is 48.4 Å². The number of carbonyl (C=O) groups is 1. The Morgan fingerprint density at radius 2 is 1.91 bits per heavy atom. The molecular formula is C17H19ClN2O3. The van der Waals surface area contributed by atoms with Gasteiger partial charge in [0.25, 0.3) is 5.91 Å². The zero-order chi connectivity index (χ0) is 15.8. The molecule has 5 nitrogen and oxygen atoms in total. The van der Waals surface area contributed by atoms with Gasteiger partial charge in [-0.25, -0.2) is 0 Å². The molecule has 23 heavy (non-hydrogen) atoms. The summed E-state index contributed by atoms with van der Waals surface area (Å²) in [5, 5.41) is 1.64. The van der Waals surface area contributed by atoms with Crippen LogP contribution in [-0.2, 0) is 9.47 Å². The van der Waals surface area contributed by atoms with Crippen molar-refractivity contribution in [1.29, 1.82) is 0 Å². The Morgan fingerprint density at radius 3 is 2.65 bits per heavy atom. The number of hydrogen-bond acceptors (Lipinski definition) is 3. The Kier molecular flexibility index (Phi) is 4.01. The van der Waals surface area contributed by atoms with Crippen molar-refractivity contribution in [1.82, 2.24) is 9.88 Å². The van der Waals surface area contributed by atoms with E-state index in [-0.39, 0.29) is 12.2 Å². The number of ether oxygens (including phenoxy) is 2. The SMILES string of the molecule is O=C(c1cc2cc(Cl)ccc2[nH]1)N1CCC(C2OCCO2)CC1. The number of amides is 1. The zero-order valence-corrected chi connectivity index (χ0v) is 13.5. The molecule has 1 aromatic carbocycles. The standard InChI is InChI=1S/C17H19ClN2O3/c18-13-1-2-14-12(9-13)10-15(19-14)16(21)20-5-3-11(4-6-20)17-22-7-8-23-17/h1-2,9-11,17,19H,3-8H2. The van der Waals surface area contributed by atoms with E-state index in [9.17, 15) is 4.79 Å². The summed E-state index contributed by atoms with van der Waals surface area (Å²) in [6.07, 6.45) is 1.76. The van der Waals surface area contributed by atoms with Gasteiger partial charge in [-0.15, -0.1) is 0 Å². The van der Waals surface area contributed by atoms with Crippen molar-refractivity contribution in [3.05, 3.63) is 35.0 Å². The van der Waals surface area contributed by atoms with Crippen molar-refractivity contribution in [2.45, 2.75) is 19.1 Å². The molecular weight excluding hydrogens is 316 g/mol. The highest BCUT2D eigenvalue weighted by Crippen LogP contribution is 2.27. The fraction of sp³-hybridized carbons (Fsp3) is 0.471. The molecule has 122 valence electrons. The Hall–Kier alpha value is -1.56. The second kappa shape index (κ2) is 6.15. The number of aromatic amines is 1. The van der Waals surface area contributed by atoms with Gasteiger partial charge in [-0.2, -0.15) is 0 Å². The largest absolute Gasteiger partial charge is 0.351 e. The number of rotatable bonds is 2. The molecule has 0 spiro atoms. The van der Waals surface area contributed by atoms with Crippen molar-refractivity contribution in [2.24, 2.45) is 5.92 Å². The van der Waals surface area contributed by atoms with Gasteiger partial charge in [0, 0.05) is 34.9 Å². The number of likely N-dealkylation sites (tertiary alicyclic amines) is 1. The maximum absolute atomic E-state index is 12.7. The van der Waals surface area contributed by atoms with Crippen molar-refractivity contribution < 1.29 is 14.3 Å². The summed E-state index contributed by atoms with van der Waals surface area (Å²) < 4.78 is 11.2. The molecule has 1 N–H and O–H groups in total. The van der Waals surface area contributed by atoms with Gasteiger partial charge < -0.3 is 19.4 Å². The highest BCUT2D eigenvalue weighted by molar-refractivity contribution is 6.31. The predicted molar refractivity (Wildman–Crippen MR) is 87.6 cm³/mol. The van der Waals surface area contributed by atoms with E-state index in [0.717, 1.165) is 36.8 Å². The molecule has 0 unspecified atom stereocenters. The summed E-state index contributed by atoms with van der Waals surface area (Å²) in [5.74, 6) is 0.437. The van der Waals surface area contributed by atoms with Crippen LogP contribution >= 0.6 is 11.6 Å². The lowest BCUT2D eigenvalue weighted by atomic mass is 9.96. The summed E-state index contributed by atoms with van der Waals surface area (Å²) in [4.78, 5) is 17.8. The molecule has 2 saturated heterocycles. The number of carbonyl (C=O) groups excluding carboxylic acids is 1. The molecule has 0 aliphatic carbocycles. The van der Waals surface area contributed by atoms with Gasteiger partial charge in [-0.3, -0.25) is 4.79 Å². The summed E-state index contributed by atoms with van der Waals surface area (Å²) in [6, 6.07) is 7.46. The molecule has 2 aliphatic rings. The van der Waals surface area contributed by atoms with Gasteiger partial charge in [0.1, 0.15) is 5.69 Å². The van der Waals surface area contributed by atoms with E-state index in [2.05, 4.69) is 4.98 Å². The van der Waals surface area contributed by atoms with E-state index >= 15 is 0 Å². The second-order valence-corrected chi connectivity index (χ2v) is 6.59. The summed E-state index contributed by atoms with van der Waals surface area (Å²) >= 11 is 6.00. The Morgan fingerprint density at radius 1 is 1.17 bits per heavy atom. The van der Waals surface area contributed by atoms with Crippen molar-refractivity contribution in [3.8, 4) is 0 Å². The zero-order valence-electron chi connectivity index (χ0n) is 12.8. The Labute approximate surface area is 139 Å². The Balaban J connectivity index is 1.44. The molecule has 0 bridgehead atoms. The highest BCUT2D eigenvalue weighted by Gasteiger charge is 2.32. The van der Waals surface area contributed by atoms with Crippen LogP contribution in [0.3, 0.4) is 0 Å². The first-order chi connectivity index (χ1) is 11.2. The van der Waals surface area contributed by atoms with Crippen LogP contribution in [0, 0.1) is 5.92 Å². The van der Waals surface area contributed by atoms with Crippen LogP contribution in [0.4, 0.5) is 0 Å². The van der Waals surface area contributed by atoms with Gasteiger partial charge >= 0.3 is 0 Å². The van der Waals surface area contributed by atoms with Gasteiger partial charge in [-0.05, 0) is 37.1 Å². The molecule has 6 heteroatoms. The Bertz CT molecular complexity index is 716. The molecule has 2 fully saturated rings. The summed E-state index contributed by atoms with van der Waals surface area (Å²) in [6.45, 7) is 2.84. The average Bonchev–Trinajstić information content (AvgIpc) is 3.23. The first-order valence-corrected chi connectivity index (χ1v) is 8.39. The minimum atomic E-state index is -0.0810. The van der Waals surface area contributed by atoms with Gasteiger partial charge in [-0.1, -0.05) is 11.6 Å². The number of benzene rings is 1. The molecule has 1 amide bonds. The minimum absolute atomic E-state index is 0.0454. The monoisotopic (exact) mass is 334 g/mol. The first kappa shape index (κ1) is 15.0. The van der Waals surface area contributed by atoms with E-state index in [0.29, 0.717) is 29.8 Å². The first-order valence-electron chi connectivity index (χ1n) is 8.01. The number of halogens is 1. The molecule has 2 aliphatic heterocycles. The van der Waals surface area contributed by atoms with E-state index < -0.39 is 0 Å². The van der Waals surface area contributed by atoms with Crippen LogP contribution in [0.25, 0.3) is 10.9 Å². The van der Waals surface area contributed by atoms with Gasteiger partial charge in [0.2, 0.25) is 0 Å². The third-order valence-corrected chi connectivity index (χ3v) is 4.91. The van der Waals surface area contributed by atoms with Crippen molar-refractivity contribution in [3.63, 3.8) is 0 Å². The van der Waals surface area contributed by atoms with Crippen LogP contribution in [0.1, 0.15) is 23.3 Å². The molecule has 1 aromatic heterocycles. The second-order valence-electron chi connectivity index (χ2n) is 6.15. The topological polar surface area (TPSA) is 54.6 Å². The lowest BCUT2D eigenvalue weighted by Crippen LogP contribution is -2.41. The summed E-state index contributed by atoms with van der Waals surface area (Å²) in [7, 11) is 0. The lowest BCUT2D eigenvalue weighted by Gasteiger charge is -2.33. The summed E-state index contributed by atoms with van der Waals surface area (Å²) in [5.41, 5.74) is 1.55. The van der Waals surface area contributed by atoms with Gasteiger partial charge in [0.15, 0.2) is 6.29 Å². The van der Waals surface area contributed by atoms with Crippen molar-refractivity contribution in [2.75, 3.05) is 26.3 Å². The fourth-order valence-electron chi connectivity index (χ4n) is 3.41. The molecule has 0 radical (unpaired) electrons. The molecule has 4 rings (SSSR count). The van der Waals surface area contributed by atoms with Crippen LogP contribution in [0.5, 0.6) is 0 Å². The fourth-order valence-corrected chi connectivity index (χ4v) is 3.59. The number of aromatic nitrogens is 1. The normalized spacial score (nSPS) is 20.5.